The maximum absolute atomic E-state index is 11.3. The second-order valence-corrected chi connectivity index (χ2v) is 4.39. The summed E-state index contributed by atoms with van der Waals surface area (Å²) >= 11 is 0. The van der Waals surface area contributed by atoms with E-state index in [0.29, 0.717) is 12.1 Å². The van der Waals surface area contributed by atoms with Gasteiger partial charge in [0.05, 0.1) is 5.56 Å². The highest BCUT2D eigenvalue weighted by Crippen LogP contribution is 2.19. The molecule has 1 amide bonds. The summed E-state index contributed by atoms with van der Waals surface area (Å²) in [6.07, 6.45) is 0. The molecule has 0 unspecified atom stereocenters. The number of carbonyl (C=O) groups excluding carboxylic acids is 1. The lowest BCUT2D eigenvalue weighted by atomic mass is 10.1. The fourth-order valence-corrected chi connectivity index (χ4v) is 1.94. The normalized spacial score (nSPS) is 10.2. The van der Waals surface area contributed by atoms with Crippen LogP contribution < -0.4 is 16.8 Å². The van der Waals surface area contributed by atoms with Crippen molar-refractivity contribution in [3.05, 3.63) is 59.2 Å². The molecule has 0 aliphatic rings. The molecule has 98 valence electrons. The molecule has 0 bridgehead atoms. The number of para-hydroxylation sites is 1. The van der Waals surface area contributed by atoms with Gasteiger partial charge in [-0.05, 0) is 36.2 Å². The molecule has 5 N–H and O–H groups in total. The van der Waals surface area contributed by atoms with Crippen LogP contribution in [0.15, 0.2) is 42.5 Å². The number of anilines is 2. The standard InChI is InChI=1S/C15H17N3O/c1-10-11(5-4-7-13(10)16)9-18-14-8-3-2-6-12(14)15(17)19/h2-8,18H,9,16H2,1H3,(H2,17,19). The Labute approximate surface area is 112 Å². The highest BCUT2D eigenvalue weighted by atomic mass is 16.1. The molecule has 0 fully saturated rings. The van der Waals surface area contributed by atoms with Crippen LogP contribution in [0.4, 0.5) is 11.4 Å². The SMILES string of the molecule is Cc1c(N)cccc1CNc1ccccc1C(N)=O. The zero-order valence-corrected chi connectivity index (χ0v) is 10.8. The second-order valence-electron chi connectivity index (χ2n) is 4.39. The monoisotopic (exact) mass is 255 g/mol. The van der Waals surface area contributed by atoms with Gasteiger partial charge in [0.25, 0.3) is 5.91 Å². The third-order valence-corrected chi connectivity index (χ3v) is 3.15. The lowest BCUT2D eigenvalue weighted by Crippen LogP contribution is -2.14. The van der Waals surface area contributed by atoms with Gasteiger partial charge in [0.2, 0.25) is 0 Å². The minimum Gasteiger partial charge on any atom is -0.399 e. The number of primary amides is 1. The molecular weight excluding hydrogens is 238 g/mol. The lowest BCUT2D eigenvalue weighted by molar-refractivity contribution is 0.100. The fraction of sp³-hybridized carbons (Fsp3) is 0.133. The molecule has 2 rings (SSSR count). The minimum atomic E-state index is -0.438. The van der Waals surface area contributed by atoms with Crippen molar-refractivity contribution in [2.24, 2.45) is 5.73 Å². The summed E-state index contributed by atoms with van der Waals surface area (Å²) < 4.78 is 0. The van der Waals surface area contributed by atoms with Crippen LogP contribution in [0, 0.1) is 6.92 Å². The van der Waals surface area contributed by atoms with Gasteiger partial charge in [0.15, 0.2) is 0 Å². The highest BCUT2D eigenvalue weighted by Gasteiger charge is 2.07. The van der Waals surface area contributed by atoms with Gasteiger partial charge < -0.3 is 16.8 Å². The van der Waals surface area contributed by atoms with Crippen LogP contribution in [0.2, 0.25) is 0 Å². The van der Waals surface area contributed by atoms with Crippen LogP contribution >= 0.6 is 0 Å². The Balaban J connectivity index is 2.19. The van der Waals surface area contributed by atoms with Crippen molar-refractivity contribution in [1.29, 1.82) is 0 Å². The third-order valence-electron chi connectivity index (χ3n) is 3.15. The van der Waals surface area contributed by atoms with E-state index in [1.54, 1.807) is 12.1 Å². The Morgan fingerprint density at radius 3 is 2.63 bits per heavy atom. The summed E-state index contributed by atoms with van der Waals surface area (Å²) in [5, 5.41) is 3.22. The predicted octanol–water partition coefficient (Wildman–Crippen LogP) is 2.29. The zero-order valence-electron chi connectivity index (χ0n) is 10.8. The fourth-order valence-electron chi connectivity index (χ4n) is 1.94. The van der Waals surface area contributed by atoms with E-state index < -0.39 is 5.91 Å². The van der Waals surface area contributed by atoms with E-state index in [2.05, 4.69) is 5.32 Å². The first-order valence-electron chi connectivity index (χ1n) is 6.06. The third kappa shape index (κ3) is 2.85. The molecule has 4 heteroatoms. The summed E-state index contributed by atoms with van der Waals surface area (Å²) in [4.78, 5) is 11.3. The number of carbonyl (C=O) groups is 1. The van der Waals surface area contributed by atoms with Gasteiger partial charge in [0, 0.05) is 17.9 Å². The van der Waals surface area contributed by atoms with Crippen molar-refractivity contribution in [3.8, 4) is 0 Å². The van der Waals surface area contributed by atoms with Crippen LogP contribution in [-0.2, 0) is 6.54 Å². The van der Waals surface area contributed by atoms with Crippen molar-refractivity contribution in [3.63, 3.8) is 0 Å². The first kappa shape index (κ1) is 13.0. The van der Waals surface area contributed by atoms with Crippen molar-refractivity contribution in [2.45, 2.75) is 13.5 Å². The number of rotatable bonds is 4. The summed E-state index contributed by atoms with van der Waals surface area (Å²) in [6.45, 7) is 2.58. The summed E-state index contributed by atoms with van der Waals surface area (Å²) in [7, 11) is 0. The Morgan fingerprint density at radius 1 is 1.16 bits per heavy atom. The number of benzene rings is 2. The van der Waals surface area contributed by atoms with Gasteiger partial charge >= 0.3 is 0 Å². The lowest BCUT2D eigenvalue weighted by Gasteiger charge is -2.12. The molecule has 0 atom stereocenters. The molecule has 0 saturated heterocycles. The van der Waals surface area contributed by atoms with Gasteiger partial charge in [-0.3, -0.25) is 4.79 Å². The number of nitrogens with two attached hydrogens (primary N) is 2. The van der Waals surface area contributed by atoms with Crippen LogP contribution in [-0.4, -0.2) is 5.91 Å². The van der Waals surface area contributed by atoms with Gasteiger partial charge in [-0.15, -0.1) is 0 Å². The van der Waals surface area contributed by atoms with E-state index in [1.165, 1.54) is 0 Å². The number of amides is 1. The molecule has 0 aliphatic carbocycles. The van der Waals surface area contributed by atoms with Gasteiger partial charge in [0.1, 0.15) is 0 Å². The average Bonchev–Trinajstić information content (AvgIpc) is 2.40. The first-order valence-corrected chi connectivity index (χ1v) is 6.06. The van der Waals surface area contributed by atoms with Gasteiger partial charge in [-0.25, -0.2) is 0 Å². The summed E-state index contributed by atoms with van der Waals surface area (Å²) in [6, 6.07) is 13.0. The molecule has 0 aliphatic heterocycles. The second kappa shape index (κ2) is 5.44. The Bertz CT molecular complexity index is 608. The van der Waals surface area contributed by atoms with E-state index >= 15 is 0 Å². The summed E-state index contributed by atoms with van der Waals surface area (Å²) in [5.41, 5.74) is 15.3. The Kier molecular flexibility index (Phi) is 3.71. The van der Waals surface area contributed by atoms with Gasteiger partial charge in [-0.1, -0.05) is 24.3 Å². The van der Waals surface area contributed by atoms with E-state index in [1.807, 2.05) is 37.3 Å². The van der Waals surface area contributed by atoms with E-state index in [4.69, 9.17) is 11.5 Å². The smallest absolute Gasteiger partial charge is 0.250 e. The zero-order chi connectivity index (χ0) is 13.8. The summed E-state index contributed by atoms with van der Waals surface area (Å²) in [5.74, 6) is -0.438. The maximum atomic E-state index is 11.3. The van der Waals surface area contributed by atoms with E-state index in [-0.39, 0.29) is 0 Å². The molecule has 0 radical (unpaired) electrons. The van der Waals surface area contributed by atoms with Gasteiger partial charge in [-0.2, -0.15) is 0 Å². The van der Waals surface area contributed by atoms with Crippen LogP contribution in [0.5, 0.6) is 0 Å². The van der Waals surface area contributed by atoms with Crippen LogP contribution in [0.3, 0.4) is 0 Å². The minimum absolute atomic E-state index is 0.438. The molecular formula is C15H17N3O. The average molecular weight is 255 g/mol. The molecule has 0 heterocycles. The van der Waals surface area contributed by atoms with E-state index in [9.17, 15) is 4.79 Å². The molecule has 4 nitrogen and oxygen atoms in total. The number of nitrogens with one attached hydrogen (secondary N) is 1. The van der Waals surface area contributed by atoms with Crippen LogP contribution in [0.1, 0.15) is 21.5 Å². The Morgan fingerprint density at radius 2 is 1.89 bits per heavy atom. The van der Waals surface area contributed by atoms with Crippen LogP contribution in [0.25, 0.3) is 0 Å². The molecule has 0 aromatic heterocycles. The van der Waals surface area contributed by atoms with Crippen molar-refractivity contribution < 1.29 is 4.79 Å². The quantitative estimate of drug-likeness (QED) is 0.733. The van der Waals surface area contributed by atoms with Crippen molar-refractivity contribution in [1.82, 2.24) is 0 Å². The predicted molar refractivity (Wildman–Crippen MR) is 77.9 cm³/mol. The Hall–Kier alpha value is -2.49. The first-order chi connectivity index (χ1) is 9.09. The molecule has 19 heavy (non-hydrogen) atoms. The molecule has 0 spiro atoms. The maximum Gasteiger partial charge on any atom is 0.250 e. The van der Waals surface area contributed by atoms with E-state index in [0.717, 1.165) is 22.5 Å². The highest BCUT2D eigenvalue weighted by molar-refractivity contribution is 5.98. The molecule has 2 aromatic rings. The number of hydrogen-bond acceptors (Lipinski definition) is 3. The molecule has 0 saturated carbocycles. The van der Waals surface area contributed by atoms with Crippen molar-refractivity contribution in [2.75, 3.05) is 11.1 Å². The molecule has 2 aromatic carbocycles. The largest absolute Gasteiger partial charge is 0.399 e. The van der Waals surface area contributed by atoms with Crippen molar-refractivity contribution >= 4 is 17.3 Å². The number of nitrogen functional groups attached to an aromatic ring is 1. The number of hydrogen-bond donors (Lipinski definition) is 3. The topological polar surface area (TPSA) is 81.1 Å².